The lowest BCUT2D eigenvalue weighted by Crippen LogP contribution is -2.10. The van der Waals surface area contributed by atoms with Crippen LogP contribution in [-0.4, -0.2) is 0 Å². The van der Waals surface area contributed by atoms with Crippen molar-refractivity contribution in [3.63, 3.8) is 0 Å². The summed E-state index contributed by atoms with van der Waals surface area (Å²) in [5.41, 5.74) is 6.84. The number of hydrogen-bond donors (Lipinski definition) is 1. The van der Waals surface area contributed by atoms with Gasteiger partial charge in [0.25, 0.3) is 0 Å². The fourth-order valence-electron chi connectivity index (χ4n) is 1.22. The molecule has 0 aliphatic carbocycles. The summed E-state index contributed by atoms with van der Waals surface area (Å²) in [5, 5.41) is 0. The molecule has 0 saturated heterocycles. The van der Waals surface area contributed by atoms with Crippen LogP contribution in [0.5, 0.6) is 0 Å². The third-order valence-electron chi connectivity index (χ3n) is 1.83. The largest absolute Gasteiger partial charge is 0.321 e. The Hall–Kier alpha value is -1.22. The second kappa shape index (κ2) is 4.33. The first-order chi connectivity index (χ1) is 6.50. The molecule has 0 aliphatic heterocycles. The van der Waals surface area contributed by atoms with Crippen molar-refractivity contribution in [3.05, 3.63) is 47.0 Å². The Balaban J connectivity index is 3.05. The Kier molecular flexibility index (Phi) is 3.36. The van der Waals surface area contributed by atoms with E-state index in [1.54, 1.807) is 6.08 Å². The Labute approximate surface area is 82.2 Å². The monoisotopic (exact) mass is 197 g/mol. The maximum absolute atomic E-state index is 13.2. The first-order valence-corrected chi connectivity index (χ1v) is 4.36. The first-order valence-electron chi connectivity index (χ1n) is 4.36. The predicted octanol–water partition coefficient (Wildman–Crippen LogP) is 2.93. The minimum absolute atomic E-state index is 0.186. The Morgan fingerprint density at radius 2 is 2.00 bits per heavy atom. The number of benzene rings is 1. The van der Waals surface area contributed by atoms with Gasteiger partial charge in [0.1, 0.15) is 11.6 Å². The van der Waals surface area contributed by atoms with Crippen molar-refractivity contribution in [2.45, 2.75) is 19.9 Å². The zero-order chi connectivity index (χ0) is 10.7. The molecule has 0 amide bonds. The third kappa shape index (κ3) is 2.64. The summed E-state index contributed by atoms with van der Waals surface area (Å²) in [5.74, 6) is -0.949. The molecule has 0 bridgehead atoms. The SMILES string of the molecule is CC(C)=CC(N)c1cc(F)ccc1F. The van der Waals surface area contributed by atoms with Gasteiger partial charge in [-0.25, -0.2) is 8.78 Å². The molecule has 1 aromatic carbocycles. The summed E-state index contributed by atoms with van der Waals surface area (Å²) in [4.78, 5) is 0. The van der Waals surface area contributed by atoms with Gasteiger partial charge >= 0.3 is 0 Å². The van der Waals surface area contributed by atoms with Crippen LogP contribution in [0.4, 0.5) is 8.78 Å². The molecule has 1 unspecified atom stereocenters. The van der Waals surface area contributed by atoms with Crippen LogP contribution in [0.1, 0.15) is 25.5 Å². The fraction of sp³-hybridized carbons (Fsp3) is 0.273. The highest BCUT2D eigenvalue weighted by Gasteiger charge is 2.09. The van der Waals surface area contributed by atoms with E-state index in [1.807, 2.05) is 13.8 Å². The number of nitrogens with two attached hydrogens (primary N) is 1. The van der Waals surface area contributed by atoms with Crippen molar-refractivity contribution in [2.24, 2.45) is 5.73 Å². The van der Waals surface area contributed by atoms with E-state index in [0.29, 0.717) is 0 Å². The number of allylic oxidation sites excluding steroid dienone is 1. The summed E-state index contributed by atoms with van der Waals surface area (Å²) in [6.07, 6.45) is 1.69. The number of halogens is 2. The molecule has 0 radical (unpaired) electrons. The van der Waals surface area contributed by atoms with Crippen molar-refractivity contribution >= 4 is 0 Å². The van der Waals surface area contributed by atoms with E-state index in [9.17, 15) is 8.78 Å². The highest BCUT2D eigenvalue weighted by molar-refractivity contribution is 5.26. The molecule has 0 aliphatic rings. The van der Waals surface area contributed by atoms with E-state index in [2.05, 4.69) is 0 Å². The van der Waals surface area contributed by atoms with Crippen LogP contribution in [0.25, 0.3) is 0 Å². The summed E-state index contributed by atoms with van der Waals surface area (Å²) < 4.78 is 26.0. The Morgan fingerprint density at radius 3 is 2.57 bits per heavy atom. The fourth-order valence-corrected chi connectivity index (χ4v) is 1.22. The molecule has 3 heteroatoms. The maximum Gasteiger partial charge on any atom is 0.128 e. The molecular formula is C11H13F2N. The van der Waals surface area contributed by atoms with Crippen molar-refractivity contribution in [3.8, 4) is 0 Å². The topological polar surface area (TPSA) is 26.0 Å². The van der Waals surface area contributed by atoms with Gasteiger partial charge in [0.05, 0.1) is 6.04 Å². The number of rotatable bonds is 2. The Morgan fingerprint density at radius 1 is 1.36 bits per heavy atom. The van der Waals surface area contributed by atoms with Crippen LogP contribution >= 0.6 is 0 Å². The van der Waals surface area contributed by atoms with Crippen molar-refractivity contribution < 1.29 is 8.78 Å². The minimum Gasteiger partial charge on any atom is -0.321 e. The maximum atomic E-state index is 13.2. The summed E-state index contributed by atoms with van der Waals surface area (Å²) in [7, 11) is 0. The van der Waals surface area contributed by atoms with Gasteiger partial charge in [-0.05, 0) is 32.0 Å². The van der Waals surface area contributed by atoms with Crippen molar-refractivity contribution in [1.82, 2.24) is 0 Å². The van der Waals surface area contributed by atoms with E-state index in [-0.39, 0.29) is 5.56 Å². The lowest BCUT2D eigenvalue weighted by molar-refractivity contribution is 0.578. The van der Waals surface area contributed by atoms with Crippen LogP contribution in [0.3, 0.4) is 0 Å². The van der Waals surface area contributed by atoms with Gasteiger partial charge in [0.15, 0.2) is 0 Å². The molecule has 0 spiro atoms. The molecule has 0 heterocycles. The van der Waals surface area contributed by atoms with Gasteiger partial charge in [-0.15, -0.1) is 0 Å². The van der Waals surface area contributed by atoms with Crippen LogP contribution < -0.4 is 5.73 Å². The van der Waals surface area contributed by atoms with Gasteiger partial charge in [-0.3, -0.25) is 0 Å². The molecular weight excluding hydrogens is 184 g/mol. The summed E-state index contributed by atoms with van der Waals surface area (Å²) in [6.45, 7) is 3.72. The zero-order valence-electron chi connectivity index (χ0n) is 8.22. The quantitative estimate of drug-likeness (QED) is 0.725. The molecule has 0 saturated carbocycles. The number of hydrogen-bond acceptors (Lipinski definition) is 1. The van der Waals surface area contributed by atoms with Crippen LogP contribution in [0.15, 0.2) is 29.8 Å². The molecule has 1 nitrogen and oxygen atoms in total. The second-order valence-corrected chi connectivity index (χ2v) is 3.44. The van der Waals surface area contributed by atoms with Gasteiger partial charge < -0.3 is 5.73 Å². The van der Waals surface area contributed by atoms with E-state index in [0.717, 1.165) is 23.8 Å². The minimum atomic E-state index is -0.587. The molecule has 1 atom stereocenters. The van der Waals surface area contributed by atoms with Gasteiger partial charge in [-0.2, -0.15) is 0 Å². The second-order valence-electron chi connectivity index (χ2n) is 3.44. The average molecular weight is 197 g/mol. The van der Waals surface area contributed by atoms with E-state index in [4.69, 9.17) is 5.73 Å². The smallest absolute Gasteiger partial charge is 0.128 e. The van der Waals surface area contributed by atoms with Crippen LogP contribution in [0, 0.1) is 11.6 Å². The molecule has 1 rings (SSSR count). The van der Waals surface area contributed by atoms with E-state index < -0.39 is 17.7 Å². The standard InChI is InChI=1S/C11H13F2N/c1-7(2)5-11(14)9-6-8(12)3-4-10(9)13/h3-6,11H,14H2,1-2H3. The molecule has 2 N–H and O–H groups in total. The van der Waals surface area contributed by atoms with Crippen LogP contribution in [-0.2, 0) is 0 Å². The van der Waals surface area contributed by atoms with Gasteiger partial charge in [0, 0.05) is 5.56 Å². The average Bonchev–Trinajstić information content (AvgIpc) is 2.08. The highest BCUT2D eigenvalue weighted by Crippen LogP contribution is 2.18. The molecule has 76 valence electrons. The van der Waals surface area contributed by atoms with E-state index in [1.165, 1.54) is 0 Å². The molecule has 1 aromatic rings. The van der Waals surface area contributed by atoms with Crippen molar-refractivity contribution in [2.75, 3.05) is 0 Å². The summed E-state index contributed by atoms with van der Waals surface area (Å²) in [6, 6.07) is 2.70. The van der Waals surface area contributed by atoms with Crippen LogP contribution in [0.2, 0.25) is 0 Å². The normalized spacial score (nSPS) is 12.4. The lowest BCUT2D eigenvalue weighted by Gasteiger charge is -2.09. The molecule has 14 heavy (non-hydrogen) atoms. The molecule has 0 aromatic heterocycles. The van der Waals surface area contributed by atoms with Gasteiger partial charge in [-0.1, -0.05) is 11.6 Å². The predicted molar refractivity (Wildman–Crippen MR) is 52.7 cm³/mol. The summed E-state index contributed by atoms with van der Waals surface area (Å²) >= 11 is 0. The third-order valence-corrected chi connectivity index (χ3v) is 1.83. The molecule has 0 fully saturated rings. The first kappa shape index (κ1) is 10.9. The van der Waals surface area contributed by atoms with Crippen molar-refractivity contribution in [1.29, 1.82) is 0 Å². The van der Waals surface area contributed by atoms with E-state index >= 15 is 0 Å². The Bertz CT molecular complexity index is 354. The highest BCUT2D eigenvalue weighted by atomic mass is 19.1. The van der Waals surface area contributed by atoms with Gasteiger partial charge in [0.2, 0.25) is 0 Å². The lowest BCUT2D eigenvalue weighted by atomic mass is 10.0. The zero-order valence-corrected chi connectivity index (χ0v) is 8.22.